The molecule has 3 rings (SSSR count). The number of benzene rings is 2. The van der Waals surface area contributed by atoms with Crippen LogP contribution in [0.1, 0.15) is 42.7 Å². The highest BCUT2D eigenvalue weighted by atomic mass is 35.5. The van der Waals surface area contributed by atoms with Gasteiger partial charge >= 0.3 is 5.97 Å². The summed E-state index contributed by atoms with van der Waals surface area (Å²) >= 11 is 6.00. The zero-order valence-corrected chi connectivity index (χ0v) is 17.0. The largest absolute Gasteiger partial charge is 0.463 e. The minimum atomic E-state index is -1.73. The lowest BCUT2D eigenvalue weighted by Gasteiger charge is -2.29. The van der Waals surface area contributed by atoms with Crippen LogP contribution in [0.5, 0.6) is 0 Å². The molecule has 0 aliphatic carbocycles. The molecule has 0 aliphatic heterocycles. The number of fused-ring (bicyclic) bond motifs is 1. The molecule has 1 aromatic heterocycles. The van der Waals surface area contributed by atoms with E-state index in [1.54, 1.807) is 68.4 Å². The summed E-state index contributed by atoms with van der Waals surface area (Å²) in [4.78, 5) is 27.8. The van der Waals surface area contributed by atoms with Gasteiger partial charge in [-0.3, -0.25) is 9.59 Å². The summed E-state index contributed by atoms with van der Waals surface area (Å²) in [5.41, 5.74) is -0.224. The molecule has 0 radical (unpaired) electrons. The Labute approximate surface area is 173 Å². The molecule has 7 heteroatoms. The molecule has 3 aromatic rings. The van der Waals surface area contributed by atoms with Gasteiger partial charge in [0.05, 0.1) is 12.5 Å². The van der Waals surface area contributed by atoms with E-state index in [-0.39, 0.29) is 24.6 Å². The second-order valence-corrected chi connectivity index (χ2v) is 7.57. The molecule has 0 aliphatic rings. The number of hydrogen-bond donors (Lipinski definition) is 3. The lowest BCUT2D eigenvalue weighted by Crippen LogP contribution is -2.46. The second kappa shape index (κ2) is 8.68. The van der Waals surface area contributed by atoms with Crippen LogP contribution in [0, 0.1) is 0 Å². The van der Waals surface area contributed by atoms with Crippen molar-refractivity contribution < 1.29 is 19.4 Å². The summed E-state index contributed by atoms with van der Waals surface area (Å²) in [6, 6.07) is 15.6. The number of ether oxygens (including phenoxy) is 1. The first-order valence-electron chi connectivity index (χ1n) is 9.35. The van der Waals surface area contributed by atoms with Crippen molar-refractivity contribution in [3.05, 3.63) is 70.9 Å². The van der Waals surface area contributed by atoms with Crippen molar-refractivity contribution in [3.8, 4) is 0 Å². The molecule has 1 unspecified atom stereocenters. The Bertz CT molecular complexity index is 1020. The molecule has 0 spiro atoms. The molecule has 152 valence electrons. The average molecular weight is 415 g/mol. The minimum Gasteiger partial charge on any atom is -0.463 e. The number of hydrogen-bond acceptors (Lipinski definition) is 4. The first kappa shape index (κ1) is 20.9. The van der Waals surface area contributed by atoms with E-state index in [9.17, 15) is 14.7 Å². The smallest absolute Gasteiger partial charge is 0.306 e. The van der Waals surface area contributed by atoms with Gasteiger partial charge in [-0.2, -0.15) is 0 Å². The molecule has 1 amide bonds. The molecular weight excluding hydrogens is 392 g/mol. The topological polar surface area (TPSA) is 91.4 Å². The van der Waals surface area contributed by atoms with Crippen LogP contribution < -0.4 is 5.32 Å². The number of rotatable bonds is 7. The number of aromatic amines is 1. The maximum absolute atomic E-state index is 12.9. The summed E-state index contributed by atoms with van der Waals surface area (Å²) in [7, 11) is 0. The number of esters is 1. The van der Waals surface area contributed by atoms with Crippen LogP contribution in [0.4, 0.5) is 0 Å². The molecule has 0 bridgehead atoms. The van der Waals surface area contributed by atoms with Gasteiger partial charge in [-0.25, -0.2) is 0 Å². The van der Waals surface area contributed by atoms with Crippen LogP contribution in [0.25, 0.3) is 10.9 Å². The summed E-state index contributed by atoms with van der Waals surface area (Å²) in [5, 5.41) is 15.2. The third kappa shape index (κ3) is 5.16. The Kier molecular flexibility index (Phi) is 6.25. The van der Waals surface area contributed by atoms with Crippen LogP contribution in [-0.4, -0.2) is 28.1 Å². The van der Waals surface area contributed by atoms with E-state index < -0.39 is 17.6 Å². The Morgan fingerprint density at radius 2 is 1.90 bits per heavy atom. The van der Waals surface area contributed by atoms with Gasteiger partial charge in [-0.1, -0.05) is 41.9 Å². The van der Waals surface area contributed by atoms with Crippen molar-refractivity contribution in [3.63, 3.8) is 0 Å². The molecule has 6 nitrogen and oxygen atoms in total. The Morgan fingerprint density at radius 1 is 1.17 bits per heavy atom. The summed E-state index contributed by atoms with van der Waals surface area (Å²) in [6.07, 6.45) is -0.327. The van der Waals surface area contributed by atoms with Gasteiger partial charge in [0, 0.05) is 27.9 Å². The number of nitrogens with one attached hydrogen (secondary N) is 2. The third-order valence-electron chi connectivity index (χ3n) is 4.46. The van der Waals surface area contributed by atoms with Crippen LogP contribution in [0.15, 0.2) is 54.6 Å². The van der Waals surface area contributed by atoms with Crippen molar-refractivity contribution in [2.45, 2.75) is 38.5 Å². The van der Waals surface area contributed by atoms with E-state index in [4.69, 9.17) is 16.3 Å². The van der Waals surface area contributed by atoms with E-state index in [1.807, 2.05) is 0 Å². The van der Waals surface area contributed by atoms with Crippen molar-refractivity contribution in [1.82, 2.24) is 10.3 Å². The minimum absolute atomic E-state index is 0.0274. The fourth-order valence-electron chi connectivity index (χ4n) is 3.08. The predicted molar refractivity (Wildman–Crippen MR) is 112 cm³/mol. The second-order valence-electron chi connectivity index (χ2n) is 7.13. The lowest BCUT2D eigenvalue weighted by atomic mass is 9.97. The van der Waals surface area contributed by atoms with Gasteiger partial charge in [0.1, 0.15) is 5.69 Å². The van der Waals surface area contributed by atoms with Crippen LogP contribution in [-0.2, 0) is 15.3 Å². The zero-order valence-electron chi connectivity index (χ0n) is 16.2. The van der Waals surface area contributed by atoms with E-state index in [1.165, 1.54) is 0 Å². The first-order chi connectivity index (χ1) is 13.8. The molecule has 0 saturated carbocycles. The van der Waals surface area contributed by atoms with Crippen LogP contribution in [0.3, 0.4) is 0 Å². The maximum Gasteiger partial charge on any atom is 0.306 e. The number of carbonyl (C=O) groups excluding carboxylic acids is 2. The molecule has 29 heavy (non-hydrogen) atoms. The number of halogens is 1. The van der Waals surface area contributed by atoms with Gasteiger partial charge in [-0.05, 0) is 38.1 Å². The highest BCUT2D eigenvalue weighted by Gasteiger charge is 2.33. The number of carbonyl (C=O) groups is 2. The van der Waals surface area contributed by atoms with Crippen LogP contribution >= 0.6 is 11.6 Å². The third-order valence-corrected chi connectivity index (χ3v) is 4.69. The summed E-state index contributed by atoms with van der Waals surface area (Å²) in [6.45, 7) is 3.51. The van der Waals surface area contributed by atoms with Gasteiger partial charge < -0.3 is 20.1 Å². The number of H-pyrrole nitrogens is 1. The Hall–Kier alpha value is -2.83. The molecule has 2 aromatic carbocycles. The summed E-state index contributed by atoms with van der Waals surface area (Å²) in [5.74, 6) is -0.940. The fourth-order valence-corrected chi connectivity index (χ4v) is 3.26. The van der Waals surface area contributed by atoms with Crippen molar-refractivity contribution in [2.75, 3.05) is 0 Å². The number of amides is 1. The lowest BCUT2D eigenvalue weighted by molar-refractivity contribution is -0.149. The molecule has 0 fully saturated rings. The van der Waals surface area contributed by atoms with Crippen LogP contribution in [0.2, 0.25) is 5.02 Å². The Balaban J connectivity index is 1.83. The highest BCUT2D eigenvalue weighted by Crippen LogP contribution is 2.26. The molecule has 1 atom stereocenters. The molecule has 3 N–H and O–H groups in total. The van der Waals surface area contributed by atoms with E-state index >= 15 is 0 Å². The Morgan fingerprint density at radius 3 is 2.59 bits per heavy atom. The van der Waals surface area contributed by atoms with Crippen molar-refractivity contribution in [1.29, 1.82) is 0 Å². The predicted octanol–water partition coefficient (Wildman–Crippen LogP) is 4.13. The SMILES string of the molecule is CC(C)OC(=O)CCC(O)(NC(=O)c1cc2cc(Cl)ccc2[nH]1)c1ccccc1. The molecular formula is C22H23ClN2O4. The summed E-state index contributed by atoms with van der Waals surface area (Å²) < 4.78 is 5.14. The number of aliphatic hydroxyl groups is 1. The monoisotopic (exact) mass is 414 g/mol. The highest BCUT2D eigenvalue weighted by molar-refractivity contribution is 6.31. The molecule has 0 saturated heterocycles. The van der Waals surface area contributed by atoms with E-state index in [0.29, 0.717) is 10.6 Å². The van der Waals surface area contributed by atoms with Crippen molar-refractivity contribution >= 4 is 34.4 Å². The fraction of sp³-hybridized carbons (Fsp3) is 0.273. The van der Waals surface area contributed by atoms with Crippen molar-refractivity contribution in [2.24, 2.45) is 0 Å². The standard InChI is InChI=1S/C22H23ClN2O4/c1-14(2)29-20(26)10-11-22(28,16-6-4-3-5-7-16)25-21(27)19-13-15-12-17(23)8-9-18(15)24-19/h3-9,12-14,24,28H,10-11H2,1-2H3,(H,25,27). The van der Waals surface area contributed by atoms with Gasteiger partial charge in [0.25, 0.3) is 5.91 Å². The van der Waals surface area contributed by atoms with Gasteiger partial charge in [0.15, 0.2) is 5.72 Å². The average Bonchev–Trinajstić information content (AvgIpc) is 3.10. The van der Waals surface area contributed by atoms with Gasteiger partial charge in [0.2, 0.25) is 0 Å². The van der Waals surface area contributed by atoms with E-state index in [2.05, 4.69) is 10.3 Å². The molecule has 1 heterocycles. The quantitative estimate of drug-likeness (QED) is 0.400. The van der Waals surface area contributed by atoms with Gasteiger partial charge in [-0.15, -0.1) is 0 Å². The van der Waals surface area contributed by atoms with E-state index in [0.717, 1.165) is 10.9 Å². The number of aromatic nitrogens is 1. The first-order valence-corrected chi connectivity index (χ1v) is 9.73. The zero-order chi connectivity index (χ0) is 21.0. The normalized spacial score (nSPS) is 13.3. The maximum atomic E-state index is 12.9.